The van der Waals surface area contributed by atoms with E-state index in [4.69, 9.17) is 11.0 Å². The summed E-state index contributed by atoms with van der Waals surface area (Å²) in [5.74, 6) is -0.501. The van der Waals surface area contributed by atoms with Gasteiger partial charge in [0.05, 0.1) is 11.9 Å². The molecular formula is C15H13N5O. The van der Waals surface area contributed by atoms with Gasteiger partial charge >= 0.3 is 0 Å². The van der Waals surface area contributed by atoms with Gasteiger partial charge in [-0.2, -0.15) is 5.26 Å². The molecule has 0 atom stereocenters. The molecule has 6 nitrogen and oxygen atoms in total. The Balaban J connectivity index is 2.05. The summed E-state index contributed by atoms with van der Waals surface area (Å²) >= 11 is 0. The van der Waals surface area contributed by atoms with Crippen LogP contribution in [0.15, 0.2) is 60.6 Å². The van der Waals surface area contributed by atoms with Crippen LogP contribution in [0.3, 0.4) is 0 Å². The Morgan fingerprint density at radius 1 is 1.24 bits per heavy atom. The maximum atomic E-state index is 12.0. The van der Waals surface area contributed by atoms with Crippen LogP contribution in [0.1, 0.15) is 0 Å². The molecule has 0 aliphatic carbocycles. The molecule has 104 valence electrons. The number of benzene rings is 1. The number of nitrogens with two attached hydrogens (primary N) is 1. The monoisotopic (exact) mass is 279 g/mol. The molecule has 0 saturated carbocycles. The molecule has 1 aromatic carbocycles. The van der Waals surface area contributed by atoms with Gasteiger partial charge in [-0.1, -0.05) is 0 Å². The maximum absolute atomic E-state index is 12.0. The van der Waals surface area contributed by atoms with Crippen molar-refractivity contribution in [3.05, 3.63) is 60.6 Å². The third kappa shape index (κ3) is 4.08. The molecule has 1 aromatic heterocycles. The van der Waals surface area contributed by atoms with Gasteiger partial charge in [0.15, 0.2) is 0 Å². The van der Waals surface area contributed by atoms with Gasteiger partial charge in [-0.05, 0) is 36.4 Å². The second-order valence-corrected chi connectivity index (χ2v) is 4.13. The number of hydrogen-bond donors (Lipinski definition) is 3. The molecule has 2 rings (SSSR count). The molecular weight excluding hydrogens is 266 g/mol. The van der Waals surface area contributed by atoms with Crippen molar-refractivity contribution >= 4 is 23.0 Å². The van der Waals surface area contributed by atoms with Crippen molar-refractivity contribution in [2.75, 3.05) is 16.4 Å². The normalized spacial score (nSPS) is 10.5. The molecule has 1 amide bonds. The largest absolute Gasteiger partial charge is 0.399 e. The number of rotatable bonds is 4. The number of carbonyl (C=O) groups excluding carboxylic acids is 1. The Bertz CT molecular complexity index is 686. The molecule has 0 aliphatic heterocycles. The van der Waals surface area contributed by atoms with Crippen LogP contribution >= 0.6 is 0 Å². The number of hydrogen-bond acceptors (Lipinski definition) is 5. The predicted octanol–water partition coefficient (Wildman–Crippen LogP) is 2.12. The zero-order chi connectivity index (χ0) is 15.1. The Hall–Kier alpha value is -3.33. The van der Waals surface area contributed by atoms with E-state index in [1.807, 2.05) is 6.07 Å². The van der Waals surface area contributed by atoms with Crippen molar-refractivity contribution in [2.24, 2.45) is 0 Å². The first kappa shape index (κ1) is 14.1. The average Bonchev–Trinajstić information content (AvgIpc) is 2.51. The predicted molar refractivity (Wildman–Crippen MR) is 81.0 cm³/mol. The minimum atomic E-state index is -0.501. The van der Waals surface area contributed by atoms with Crippen LogP contribution in [0.2, 0.25) is 0 Å². The van der Waals surface area contributed by atoms with Gasteiger partial charge in [-0.25, -0.2) is 0 Å². The standard InChI is InChI=1S/C15H13N5O/c16-8-11(9-19-14-2-1-7-18-10-14)15(21)20-13-5-3-12(17)4-6-13/h1-7,9-10,19H,17H2,(H,20,21)/b11-9-. The number of nitriles is 1. The van der Waals surface area contributed by atoms with Gasteiger partial charge in [0.1, 0.15) is 11.6 Å². The molecule has 0 aliphatic rings. The molecule has 0 fully saturated rings. The highest BCUT2D eigenvalue weighted by Gasteiger charge is 2.09. The number of aromatic nitrogens is 1. The molecule has 0 unspecified atom stereocenters. The van der Waals surface area contributed by atoms with Crippen LogP contribution in [0, 0.1) is 11.3 Å². The highest BCUT2D eigenvalue weighted by atomic mass is 16.1. The smallest absolute Gasteiger partial charge is 0.267 e. The Morgan fingerprint density at radius 2 is 2.00 bits per heavy atom. The third-order valence-corrected chi connectivity index (χ3v) is 2.58. The van der Waals surface area contributed by atoms with Crippen LogP contribution in [0.25, 0.3) is 0 Å². The molecule has 0 bridgehead atoms. The van der Waals surface area contributed by atoms with Crippen molar-refractivity contribution in [3.8, 4) is 6.07 Å². The summed E-state index contributed by atoms with van der Waals surface area (Å²) in [6.45, 7) is 0. The van der Waals surface area contributed by atoms with E-state index < -0.39 is 5.91 Å². The summed E-state index contributed by atoms with van der Waals surface area (Å²) < 4.78 is 0. The van der Waals surface area contributed by atoms with Crippen LogP contribution in [0.4, 0.5) is 17.1 Å². The molecule has 4 N–H and O–H groups in total. The van der Waals surface area contributed by atoms with Gasteiger partial charge in [-0.3, -0.25) is 9.78 Å². The molecule has 21 heavy (non-hydrogen) atoms. The van der Waals surface area contributed by atoms with E-state index in [1.54, 1.807) is 48.8 Å². The average molecular weight is 279 g/mol. The lowest BCUT2D eigenvalue weighted by molar-refractivity contribution is -0.112. The molecule has 1 heterocycles. The molecule has 6 heteroatoms. The second-order valence-electron chi connectivity index (χ2n) is 4.13. The fraction of sp³-hybridized carbons (Fsp3) is 0. The zero-order valence-corrected chi connectivity index (χ0v) is 11.1. The first-order valence-electron chi connectivity index (χ1n) is 6.13. The maximum Gasteiger partial charge on any atom is 0.267 e. The fourth-order valence-electron chi connectivity index (χ4n) is 1.52. The number of pyridine rings is 1. The van der Waals surface area contributed by atoms with Gasteiger partial charge in [0.2, 0.25) is 0 Å². The summed E-state index contributed by atoms with van der Waals surface area (Å²) in [6.07, 6.45) is 4.56. The Morgan fingerprint density at radius 3 is 2.62 bits per heavy atom. The summed E-state index contributed by atoms with van der Waals surface area (Å²) in [6, 6.07) is 12.0. The minimum absolute atomic E-state index is 0.0457. The van der Waals surface area contributed by atoms with Crippen molar-refractivity contribution in [3.63, 3.8) is 0 Å². The van der Waals surface area contributed by atoms with Gasteiger partial charge < -0.3 is 16.4 Å². The van der Waals surface area contributed by atoms with Crippen molar-refractivity contribution in [1.29, 1.82) is 5.26 Å². The number of carbonyl (C=O) groups is 1. The number of nitrogens with zero attached hydrogens (tertiary/aromatic N) is 2. The summed E-state index contributed by atoms with van der Waals surface area (Å²) in [7, 11) is 0. The van der Waals surface area contributed by atoms with E-state index in [0.29, 0.717) is 17.1 Å². The highest BCUT2D eigenvalue weighted by molar-refractivity contribution is 6.06. The quantitative estimate of drug-likeness (QED) is 0.452. The number of amides is 1. The summed E-state index contributed by atoms with van der Waals surface area (Å²) in [5, 5.41) is 14.5. The van der Waals surface area contributed by atoms with E-state index in [1.165, 1.54) is 6.20 Å². The lowest BCUT2D eigenvalue weighted by atomic mass is 10.2. The van der Waals surface area contributed by atoms with Crippen LogP contribution in [-0.2, 0) is 4.79 Å². The van der Waals surface area contributed by atoms with Gasteiger partial charge in [0.25, 0.3) is 5.91 Å². The van der Waals surface area contributed by atoms with E-state index in [-0.39, 0.29) is 5.57 Å². The third-order valence-electron chi connectivity index (χ3n) is 2.58. The van der Waals surface area contributed by atoms with Crippen LogP contribution in [0.5, 0.6) is 0 Å². The lowest BCUT2D eigenvalue weighted by Crippen LogP contribution is -2.14. The molecule has 0 saturated heterocycles. The fourth-order valence-corrected chi connectivity index (χ4v) is 1.52. The second kappa shape index (κ2) is 6.73. The summed E-state index contributed by atoms with van der Waals surface area (Å²) in [4.78, 5) is 15.9. The van der Waals surface area contributed by atoms with Crippen molar-refractivity contribution in [2.45, 2.75) is 0 Å². The number of anilines is 3. The van der Waals surface area contributed by atoms with Gasteiger partial charge in [-0.15, -0.1) is 0 Å². The zero-order valence-electron chi connectivity index (χ0n) is 11.1. The SMILES string of the molecule is N#C/C(=C/Nc1cccnc1)C(=O)Nc1ccc(N)cc1. The summed E-state index contributed by atoms with van der Waals surface area (Å²) in [5.41, 5.74) is 7.37. The molecule has 2 aromatic rings. The first-order valence-corrected chi connectivity index (χ1v) is 6.13. The van der Waals surface area contributed by atoms with Crippen molar-refractivity contribution in [1.82, 2.24) is 4.98 Å². The Labute approximate surface area is 121 Å². The number of nitrogen functional groups attached to an aromatic ring is 1. The van der Waals surface area contributed by atoms with E-state index >= 15 is 0 Å². The first-order chi connectivity index (χ1) is 10.2. The van der Waals surface area contributed by atoms with Crippen molar-refractivity contribution < 1.29 is 4.79 Å². The topological polar surface area (TPSA) is 104 Å². The molecule has 0 spiro atoms. The van der Waals surface area contributed by atoms with Gasteiger partial charge in [0, 0.05) is 23.8 Å². The Kier molecular flexibility index (Phi) is 4.51. The van der Waals surface area contributed by atoms with E-state index in [0.717, 1.165) is 0 Å². The highest BCUT2D eigenvalue weighted by Crippen LogP contribution is 2.12. The lowest BCUT2D eigenvalue weighted by Gasteiger charge is -2.05. The van der Waals surface area contributed by atoms with Crippen LogP contribution < -0.4 is 16.4 Å². The van der Waals surface area contributed by atoms with E-state index in [2.05, 4.69) is 15.6 Å². The van der Waals surface area contributed by atoms with E-state index in [9.17, 15) is 4.79 Å². The molecule has 0 radical (unpaired) electrons. The number of nitrogens with one attached hydrogen (secondary N) is 2. The minimum Gasteiger partial charge on any atom is -0.399 e. The van der Waals surface area contributed by atoms with Crippen LogP contribution in [-0.4, -0.2) is 10.9 Å².